The van der Waals surface area contributed by atoms with Crippen LogP contribution in [0.2, 0.25) is 0 Å². The summed E-state index contributed by atoms with van der Waals surface area (Å²) in [4.78, 5) is 16.8. The second-order valence-electron chi connectivity index (χ2n) is 7.20. The maximum absolute atomic E-state index is 12.6. The van der Waals surface area contributed by atoms with Crippen LogP contribution in [0.3, 0.4) is 0 Å². The molecule has 0 N–H and O–H groups in total. The number of fused-ring (bicyclic) bond motifs is 1. The molecule has 0 spiro atoms. The van der Waals surface area contributed by atoms with Gasteiger partial charge >= 0.3 is 0 Å². The van der Waals surface area contributed by atoms with Crippen molar-refractivity contribution in [2.45, 2.75) is 31.7 Å². The van der Waals surface area contributed by atoms with Gasteiger partial charge in [0.15, 0.2) is 0 Å². The van der Waals surface area contributed by atoms with Crippen LogP contribution in [0, 0.1) is 17.8 Å². The first-order chi connectivity index (χ1) is 12.2. The van der Waals surface area contributed by atoms with Gasteiger partial charge in [-0.3, -0.25) is 4.79 Å². The Morgan fingerprint density at radius 3 is 2.88 bits per heavy atom. The van der Waals surface area contributed by atoms with E-state index in [1.165, 1.54) is 19.3 Å². The highest BCUT2D eigenvalue weighted by molar-refractivity contribution is 5.82. The van der Waals surface area contributed by atoms with Crippen LogP contribution in [-0.4, -0.2) is 48.4 Å². The van der Waals surface area contributed by atoms with Gasteiger partial charge in [0.1, 0.15) is 5.58 Å². The van der Waals surface area contributed by atoms with Crippen molar-refractivity contribution in [2.24, 2.45) is 5.92 Å². The molecule has 2 aromatic rings. The second-order valence-corrected chi connectivity index (χ2v) is 7.20. The Hall–Kier alpha value is -2.25. The van der Waals surface area contributed by atoms with Gasteiger partial charge in [-0.05, 0) is 56.6 Å². The molecule has 2 aliphatic rings. The molecule has 2 aliphatic heterocycles. The summed E-state index contributed by atoms with van der Waals surface area (Å²) in [6.07, 6.45) is 6.38. The van der Waals surface area contributed by atoms with Crippen LogP contribution >= 0.6 is 0 Å². The van der Waals surface area contributed by atoms with Crippen molar-refractivity contribution in [3.63, 3.8) is 0 Å². The molecule has 4 rings (SSSR count). The molecule has 3 heterocycles. The molecule has 4 heteroatoms. The number of hydrogen-bond donors (Lipinski definition) is 0. The van der Waals surface area contributed by atoms with Crippen LogP contribution in [0.4, 0.5) is 0 Å². The standard InChI is InChI=1S/C21H24N2O2/c1-22-19(7-5-16-6-8-20-17(13-16)9-12-25-20)14-18(21(22)24)15-23-10-3-2-4-11-23/h6,8-9,12-13,18-19H,2-4,10-11,14-15H2,1H3. The zero-order valence-electron chi connectivity index (χ0n) is 14.7. The lowest BCUT2D eigenvalue weighted by Gasteiger charge is -2.28. The number of furan rings is 1. The van der Waals surface area contributed by atoms with Gasteiger partial charge in [0, 0.05) is 24.5 Å². The molecule has 1 aromatic heterocycles. The number of carbonyl (C=O) groups excluding carboxylic acids is 1. The van der Waals surface area contributed by atoms with E-state index in [-0.39, 0.29) is 17.9 Å². The molecule has 1 amide bonds. The molecule has 2 atom stereocenters. The fraction of sp³-hybridized carbons (Fsp3) is 0.476. The van der Waals surface area contributed by atoms with Crippen LogP contribution in [-0.2, 0) is 4.79 Å². The monoisotopic (exact) mass is 336 g/mol. The Labute approximate surface area is 148 Å². The summed E-state index contributed by atoms with van der Waals surface area (Å²) < 4.78 is 5.36. The van der Waals surface area contributed by atoms with Crippen molar-refractivity contribution in [1.29, 1.82) is 0 Å². The van der Waals surface area contributed by atoms with Crippen molar-refractivity contribution in [3.8, 4) is 11.8 Å². The zero-order valence-corrected chi connectivity index (χ0v) is 14.7. The van der Waals surface area contributed by atoms with Crippen molar-refractivity contribution in [1.82, 2.24) is 9.80 Å². The fourth-order valence-corrected chi connectivity index (χ4v) is 3.94. The third-order valence-corrected chi connectivity index (χ3v) is 5.43. The SMILES string of the molecule is CN1C(=O)C(CN2CCCCC2)CC1C#Cc1ccc2occc2c1. The number of benzene rings is 1. The summed E-state index contributed by atoms with van der Waals surface area (Å²) in [7, 11) is 1.89. The number of nitrogens with zero attached hydrogens (tertiary/aromatic N) is 2. The first-order valence-corrected chi connectivity index (χ1v) is 9.18. The molecular formula is C21H24N2O2. The van der Waals surface area contributed by atoms with Crippen LogP contribution < -0.4 is 0 Å². The van der Waals surface area contributed by atoms with Crippen molar-refractivity contribution in [3.05, 3.63) is 36.1 Å². The summed E-state index contributed by atoms with van der Waals surface area (Å²) in [6.45, 7) is 3.16. The Morgan fingerprint density at radius 1 is 1.20 bits per heavy atom. The first kappa shape index (κ1) is 16.2. The molecule has 0 bridgehead atoms. The topological polar surface area (TPSA) is 36.7 Å². The largest absolute Gasteiger partial charge is 0.464 e. The Kier molecular flexibility index (Phi) is 4.50. The maximum Gasteiger partial charge on any atom is 0.227 e. The van der Waals surface area contributed by atoms with E-state index in [2.05, 4.69) is 16.7 Å². The molecule has 4 nitrogen and oxygen atoms in total. The van der Waals surface area contributed by atoms with Gasteiger partial charge in [0.25, 0.3) is 0 Å². The Bertz CT molecular complexity index is 823. The van der Waals surface area contributed by atoms with Gasteiger partial charge in [-0.15, -0.1) is 0 Å². The number of amides is 1. The van der Waals surface area contributed by atoms with Crippen LogP contribution in [0.1, 0.15) is 31.2 Å². The normalized spacial score (nSPS) is 24.5. The lowest BCUT2D eigenvalue weighted by molar-refractivity contribution is -0.130. The molecule has 0 radical (unpaired) electrons. The highest BCUT2D eigenvalue weighted by Gasteiger charge is 2.37. The summed E-state index contributed by atoms with van der Waals surface area (Å²) in [5.74, 6) is 6.89. The van der Waals surface area contributed by atoms with E-state index < -0.39 is 0 Å². The van der Waals surface area contributed by atoms with Crippen molar-refractivity contribution >= 4 is 16.9 Å². The maximum atomic E-state index is 12.6. The van der Waals surface area contributed by atoms with Crippen molar-refractivity contribution < 1.29 is 9.21 Å². The number of likely N-dealkylation sites (tertiary alicyclic amines) is 2. The highest BCUT2D eigenvalue weighted by atomic mass is 16.3. The summed E-state index contributed by atoms with van der Waals surface area (Å²) >= 11 is 0. The first-order valence-electron chi connectivity index (χ1n) is 9.18. The Balaban J connectivity index is 1.44. The number of hydrogen-bond acceptors (Lipinski definition) is 3. The third kappa shape index (κ3) is 3.43. The molecule has 130 valence electrons. The van der Waals surface area contributed by atoms with Gasteiger partial charge < -0.3 is 14.2 Å². The van der Waals surface area contributed by atoms with Gasteiger partial charge in [-0.2, -0.15) is 0 Å². The molecule has 2 unspecified atom stereocenters. The summed E-state index contributed by atoms with van der Waals surface area (Å²) in [5, 5.41) is 1.06. The van der Waals surface area contributed by atoms with Gasteiger partial charge in [0.05, 0.1) is 18.2 Å². The summed E-state index contributed by atoms with van der Waals surface area (Å²) in [6, 6.07) is 7.92. The van der Waals surface area contributed by atoms with E-state index in [1.54, 1.807) is 6.26 Å². The second kappa shape index (κ2) is 6.93. The molecule has 1 aromatic carbocycles. The molecule has 2 fully saturated rings. The predicted molar refractivity (Wildman–Crippen MR) is 98.0 cm³/mol. The average Bonchev–Trinajstić information content (AvgIpc) is 3.20. The predicted octanol–water partition coefficient (Wildman–Crippen LogP) is 3.12. The highest BCUT2D eigenvalue weighted by Crippen LogP contribution is 2.25. The van der Waals surface area contributed by atoms with Crippen LogP contribution in [0.15, 0.2) is 34.9 Å². The minimum atomic E-state index is 0.0161. The van der Waals surface area contributed by atoms with E-state index in [0.717, 1.165) is 42.6 Å². The van der Waals surface area contributed by atoms with E-state index in [9.17, 15) is 4.79 Å². The van der Waals surface area contributed by atoms with Gasteiger partial charge in [0.2, 0.25) is 5.91 Å². The zero-order chi connectivity index (χ0) is 17.2. The van der Waals surface area contributed by atoms with E-state index in [1.807, 2.05) is 36.2 Å². The van der Waals surface area contributed by atoms with Crippen LogP contribution in [0.25, 0.3) is 11.0 Å². The quantitative estimate of drug-likeness (QED) is 0.791. The summed E-state index contributed by atoms with van der Waals surface area (Å²) in [5.41, 5.74) is 1.84. The van der Waals surface area contributed by atoms with Gasteiger partial charge in [-0.1, -0.05) is 18.3 Å². The molecular weight excluding hydrogens is 312 g/mol. The van der Waals surface area contributed by atoms with E-state index >= 15 is 0 Å². The van der Waals surface area contributed by atoms with E-state index in [4.69, 9.17) is 4.42 Å². The number of rotatable bonds is 2. The minimum absolute atomic E-state index is 0.0161. The fourth-order valence-electron chi connectivity index (χ4n) is 3.94. The third-order valence-electron chi connectivity index (χ3n) is 5.43. The molecule has 2 saturated heterocycles. The Morgan fingerprint density at radius 2 is 2.04 bits per heavy atom. The van der Waals surface area contributed by atoms with Gasteiger partial charge in [-0.25, -0.2) is 0 Å². The number of piperidine rings is 1. The lowest BCUT2D eigenvalue weighted by atomic mass is 10.0. The minimum Gasteiger partial charge on any atom is -0.464 e. The number of carbonyl (C=O) groups is 1. The molecule has 0 aliphatic carbocycles. The molecule has 25 heavy (non-hydrogen) atoms. The average molecular weight is 336 g/mol. The van der Waals surface area contributed by atoms with Crippen LogP contribution in [0.5, 0.6) is 0 Å². The van der Waals surface area contributed by atoms with E-state index in [0.29, 0.717) is 0 Å². The van der Waals surface area contributed by atoms with Crippen molar-refractivity contribution in [2.75, 3.05) is 26.7 Å². The smallest absolute Gasteiger partial charge is 0.227 e. The molecule has 0 saturated carbocycles. The lowest BCUT2D eigenvalue weighted by Crippen LogP contribution is -2.37.